The second-order valence-corrected chi connectivity index (χ2v) is 8.64. The van der Waals surface area contributed by atoms with Crippen LogP contribution in [-0.2, 0) is 16.4 Å². The monoisotopic (exact) mass is 338 g/mol. The third-order valence-corrected chi connectivity index (χ3v) is 6.01. The molecule has 1 aromatic rings. The van der Waals surface area contributed by atoms with E-state index in [1.54, 1.807) is 11.8 Å². The molecule has 0 spiro atoms. The van der Waals surface area contributed by atoms with Crippen LogP contribution in [0.4, 0.5) is 0 Å². The number of sulfonamides is 1. The van der Waals surface area contributed by atoms with Crippen molar-refractivity contribution in [1.82, 2.24) is 9.21 Å². The fraction of sp³-hybridized carbons (Fsp3) is 0.588. The number of piperazine rings is 1. The van der Waals surface area contributed by atoms with E-state index < -0.39 is 10.0 Å². The Morgan fingerprint density at radius 1 is 1.09 bits per heavy atom. The van der Waals surface area contributed by atoms with E-state index in [1.807, 2.05) is 24.3 Å². The Balaban J connectivity index is 1.97. The molecule has 1 saturated heterocycles. The minimum absolute atomic E-state index is 0.0188. The molecule has 1 aliphatic rings. The predicted molar refractivity (Wildman–Crippen MR) is 91.9 cm³/mol. The first-order valence-electron chi connectivity index (χ1n) is 8.19. The van der Waals surface area contributed by atoms with Crippen LogP contribution < -0.4 is 0 Å². The van der Waals surface area contributed by atoms with Crippen LogP contribution in [0.3, 0.4) is 0 Å². The Morgan fingerprint density at radius 2 is 1.65 bits per heavy atom. The molecule has 128 valence electrons. The topological polar surface area (TPSA) is 57.7 Å². The molecule has 0 aromatic heterocycles. The molecule has 1 aromatic carbocycles. The van der Waals surface area contributed by atoms with Crippen molar-refractivity contribution in [1.29, 1.82) is 0 Å². The molecule has 0 N–H and O–H groups in total. The van der Waals surface area contributed by atoms with Crippen LogP contribution in [0.5, 0.6) is 0 Å². The summed E-state index contributed by atoms with van der Waals surface area (Å²) in [6, 6.07) is 7.75. The fourth-order valence-corrected chi connectivity index (χ4v) is 3.87. The number of carbonyl (C=O) groups is 1. The molecule has 1 amide bonds. The lowest BCUT2D eigenvalue weighted by Crippen LogP contribution is -2.50. The maximum Gasteiger partial charge on any atom is 0.253 e. The van der Waals surface area contributed by atoms with E-state index in [9.17, 15) is 13.2 Å². The molecular weight excluding hydrogens is 312 g/mol. The second kappa shape index (κ2) is 7.45. The van der Waals surface area contributed by atoms with Gasteiger partial charge in [0.05, 0.1) is 5.75 Å². The summed E-state index contributed by atoms with van der Waals surface area (Å²) in [4.78, 5) is 14.3. The van der Waals surface area contributed by atoms with Gasteiger partial charge in [-0.3, -0.25) is 4.79 Å². The van der Waals surface area contributed by atoms with Crippen LogP contribution in [0.25, 0.3) is 0 Å². The van der Waals surface area contributed by atoms with Crippen LogP contribution in [0.2, 0.25) is 0 Å². The van der Waals surface area contributed by atoms with E-state index in [1.165, 1.54) is 9.87 Å². The lowest BCUT2D eigenvalue weighted by Gasteiger charge is -2.33. The minimum Gasteiger partial charge on any atom is -0.336 e. The highest BCUT2D eigenvalue weighted by Crippen LogP contribution is 2.14. The van der Waals surface area contributed by atoms with Gasteiger partial charge in [-0.25, -0.2) is 8.42 Å². The number of hydrogen-bond acceptors (Lipinski definition) is 3. The van der Waals surface area contributed by atoms with Crippen molar-refractivity contribution in [2.24, 2.45) is 5.92 Å². The highest BCUT2D eigenvalue weighted by molar-refractivity contribution is 7.89. The van der Waals surface area contributed by atoms with Crippen molar-refractivity contribution in [3.8, 4) is 0 Å². The lowest BCUT2D eigenvalue weighted by molar-refractivity contribution is 0.0698. The van der Waals surface area contributed by atoms with Crippen molar-refractivity contribution in [3.63, 3.8) is 0 Å². The number of amides is 1. The van der Waals surface area contributed by atoms with E-state index in [0.29, 0.717) is 37.7 Å². The van der Waals surface area contributed by atoms with Gasteiger partial charge in [-0.2, -0.15) is 4.31 Å². The largest absolute Gasteiger partial charge is 0.336 e. The van der Waals surface area contributed by atoms with Crippen LogP contribution in [-0.4, -0.2) is 55.5 Å². The Labute approximate surface area is 139 Å². The van der Waals surface area contributed by atoms with Gasteiger partial charge in [0.2, 0.25) is 10.0 Å². The summed E-state index contributed by atoms with van der Waals surface area (Å²) in [6.07, 6.45) is 1.00. The van der Waals surface area contributed by atoms with Crippen molar-refractivity contribution >= 4 is 15.9 Å². The van der Waals surface area contributed by atoms with Crippen LogP contribution in [0.15, 0.2) is 24.3 Å². The Morgan fingerprint density at radius 3 is 2.13 bits per heavy atom. The number of hydrogen-bond donors (Lipinski definition) is 0. The van der Waals surface area contributed by atoms with Gasteiger partial charge in [-0.1, -0.05) is 26.0 Å². The molecule has 1 heterocycles. The Hall–Kier alpha value is -1.40. The Bertz CT molecular complexity index is 630. The first-order valence-corrected chi connectivity index (χ1v) is 9.80. The van der Waals surface area contributed by atoms with Crippen LogP contribution in [0, 0.1) is 5.92 Å². The maximum absolute atomic E-state index is 12.5. The third-order valence-electron chi connectivity index (χ3n) is 4.13. The zero-order valence-corrected chi connectivity index (χ0v) is 15.0. The summed E-state index contributed by atoms with van der Waals surface area (Å²) in [5, 5.41) is 0. The molecule has 1 fully saturated rings. The maximum atomic E-state index is 12.5. The zero-order chi connectivity index (χ0) is 17.0. The summed E-state index contributed by atoms with van der Waals surface area (Å²) in [5.74, 6) is 0.679. The third kappa shape index (κ3) is 4.54. The van der Waals surface area contributed by atoms with Crippen molar-refractivity contribution in [3.05, 3.63) is 35.4 Å². The summed E-state index contributed by atoms with van der Waals surface area (Å²) in [5.41, 5.74) is 1.90. The average Bonchev–Trinajstić information content (AvgIpc) is 2.54. The molecule has 0 radical (unpaired) electrons. The highest BCUT2D eigenvalue weighted by Gasteiger charge is 2.27. The molecule has 6 heteroatoms. The first-order chi connectivity index (χ1) is 10.8. The second-order valence-electron chi connectivity index (χ2n) is 6.39. The normalized spacial score (nSPS) is 16.8. The Kier molecular flexibility index (Phi) is 5.81. The number of rotatable bonds is 5. The summed E-state index contributed by atoms with van der Waals surface area (Å²) in [7, 11) is -3.16. The predicted octanol–water partition coefficient (Wildman–Crippen LogP) is 1.99. The fourth-order valence-electron chi connectivity index (χ4n) is 2.79. The molecule has 1 aliphatic heterocycles. The van der Waals surface area contributed by atoms with E-state index in [-0.39, 0.29) is 11.7 Å². The van der Waals surface area contributed by atoms with Crippen LogP contribution >= 0.6 is 0 Å². The smallest absolute Gasteiger partial charge is 0.253 e. The summed E-state index contributed by atoms with van der Waals surface area (Å²) in [6.45, 7) is 7.65. The van der Waals surface area contributed by atoms with E-state index in [0.717, 1.165) is 6.42 Å². The van der Waals surface area contributed by atoms with Gasteiger partial charge in [0.15, 0.2) is 0 Å². The zero-order valence-electron chi connectivity index (χ0n) is 14.2. The molecule has 5 nitrogen and oxygen atoms in total. The van der Waals surface area contributed by atoms with Gasteiger partial charge in [-0.15, -0.1) is 0 Å². The number of carbonyl (C=O) groups excluding carboxylic acids is 1. The first kappa shape index (κ1) is 17.9. The molecule has 2 rings (SSSR count). The molecule has 0 atom stereocenters. The van der Waals surface area contributed by atoms with Gasteiger partial charge >= 0.3 is 0 Å². The number of benzene rings is 1. The van der Waals surface area contributed by atoms with Crippen molar-refractivity contribution in [2.75, 3.05) is 31.9 Å². The molecule has 0 aliphatic carbocycles. The summed E-state index contributed by atoms with van der Waals surface area (Å²) >= 11 is 0. The quantitative estimate of drug-likeness (QED) is 0.825. The highest BCUT2D eigenvalue weighted by atomic mass is 32.2. The average molecular weight is 338 g/mol. The molecule has 23 heavy (non-hydrogen) atoms. The number of nitrogens with zero attached hydrogens (tertiary/aromatic N) is 2. The van der Waals surface area contributed by atoms with Crippen molar-refractivity contribution in [2.45, 2.75) is 27.2 Å². The van der Waals surface area contributed by atoms with Gasteiger partial charge < -0.3 is 4.90 Å². The SMILES string of the molecule is CCS(=O)(=O)N1CCN(C(=O)c2ccc(CC(C)C)cc2)CC1. The molecular formula is C17H26N2O3S. The lowest BCUT2D eigenvalue weighted by atomic mass is 10.0. The van der Waals surface area contributed by atoms with Gasteiger partial charge in [0.25, 0.3) is 5.91 Å². The van der Waals surface area contributed by atoms with E-state index in [2.05, 4.69) is 13.8 Å². The standard InChI is InChI=1S/C17H26N2O3S/c1-4-23(21,22)19-11-9-18(10-12-19)17(20)16-7-5-15(6-8-16)13-14(2)3/h5-8,14H,4,9-13H2,1-3H3. The minimum atomic E-state index is -3.16. The molecule has 0 unspecified atom stereocenters. The molecule has 0 saturated carbocycles. The van der Waals surface area contributed by atoms with Gasteiger partial charge in [0.1, 0.15) is 0 Å². The van der Waals surface area contributed by atoms with Gasteiger partial charge in [-0.05, 0) is 37.0 Å². The van der Waals surface area contributed by atoms with E-state index in [4.69, 9.17) is 0 Å². The summed E-state index contributed by atoms with van der Waals surface area (Å²) < 4.78 is 25.2. The van der Waals surface area contributed by atoms with Crippen molar-refractivity contribution < 1.29 is 13.2 Å². The van der Waals surface area contributed by atoms with E-state index >= 15 is 0 Å². The van der Waals surface area contributed by atoms with Crippen LogP contribution in [0.1, 0.15) is 36.7 Å². The molecule has 0 bridgehead atoms. The van der Waals surface area contributed by atoms with Gasteiger partial charge in [0, 0.05) is 31.7 Å².